The summed E-state index contributed by atoms with van der Waals surface area (Å²) in [5, 5.41) is 0. The number of halogens is 2. The lowest BCUT2D eigenvalue weighted by molar-refractivity contribution is 0.615. The van der Waals surface area contributed by atoms with E-state index in [1.165, 1.54) is 5.56 Å². The third kappa shape index (κ3) is 2.85. The molecule has 1 heterocycles. The number of anilines is 1. The number of nitrogen functional groups attached to an aromatic ring is 1. The first-order chi connectivity index (χ1) is 12.6. The van der Waals surface area contributed by atoms with Crippen LogP contribution in [0.2, 0.25) is 0 Å². The normalized spacial score (nSPS) is 11.2. The van der Waals surface area contributed by atoms with Crippen LogP contribution in [0, 0.1) is 0 Å². The lowest BCUT2D eigenvalue weighted by Crippen LogP contribution is -1.94. The Kier molecular flexibility index (Phi) is 4.59. The predicted octanol–water partition coefficient (Wildman–Crippen LogP) is 6.83. The molecule has 0 aliphatic carbocycles. The van der Waals surface area contributed by atoms with Crippen LogP contribution >= 0.6 is 31.9 Å². The van der Waals surface area contributed by atoms with Crippen molar-refractivity contribution < 1.29 is 4.42 Å². The molecule has 130 valence electrons. The number of oxazole rings is 1. The Morgan fingerprint density at radius 3 is 2.15 bits per heavy atom. The fourth-order valence-electron chi connectivity index (χ4n) is 3.03. The van der Waals surface area contributed by atoms with Gasteiger partial charge >= 0.3 is 0 Å². The maximum absolute atomic E-state index is 6.18. The molecule has 0 saturated heterocycles. The minimum Gasteiger partial charge on any atom is -0.436 e. The minimum absolute atomic E-state index is 0.590. The number of benzene rings is 3. The number of nitrogens with zero attached hydrogens (tertiary/aromatic N) is 1. The van der Waals surface area contributed by atoms with Crippen LogP contribution in [0.5, 0.6) is 0 Å². The summed E-state index contributed by atoms with van der Waals surface area (Å²) in [6.07, 6.45) is 0.802. The number of hydrogen-bond acceptors (Lipinski definition) is 3. The van der Waals surface area contributed by atoms with Crippen LogP contribution in [-0.4, -0.2) is 4.98 Å². The Hall–Kier alpha value is -2.11. The van der Waals surface area contributed by atoms with E-state index in [9.17, 15) is 0 Å². The van der Waals surface area contributed by atoms with E-state index in [1.807, 2.05) is 30.3 Å². The summed E-state index contributed by atoms with van der Waals surface area (Å²) in [6, 6.07) is 18.5. The Balaban J connectivity index is 1.81. The SMILES string of the molecule is CCc1c(Br)c(N)c(Br)c2nc(-c3ccc(-c4ccccc4)cc3)oc12. The molecule has 0 amide bonds. The fraction of sp³-hybridized carbons (Fsp3) is 0.0952. The standard InChI is InChI=1S/C21H16Br2N2O/c1-2-15-16(22)18(24)17(23)19-20(15)26-21(25-19)14-10-8-13(9-11-14)12-6-4-3-5-7-12/h3-11H,2,24H2,1H3. The Bertz CT molecular complexity index is 1090. The van der Waals surface area contributed by atoms with E-state index < -0.39 is 0 Å². The topological polar surface area (TPSA) is 52.0 Å². The molecule has 2 N–H and O–H groups in total. The summed E-state index contributed by atoms with van der Waals surface area (Å²) < 4.78 is 7.73. The quantitative estimate of drug-likeness (QED) is 0.333. The first kappa shape index (κ1) is 17.3. The maximum Gasteiger partial charge on any atom is 0.227 e. The van der Waals surface area contributed by atoms with Gasteiger partial charge in [-0.3, -0.25) is 0 Å². The fourth-order valence-corrected chi connectivity index (χ4v) is 4.43. The van der Waals surface area contributed by atoms with Crippen molar-refractivity contribution in [3.8, 4) is 22.6 Å². The largest absolute Gasteiger partial charge is 0.436 e. The van der Waals surface area contributed by atoms with Gasteiger partial charge in [0, 0.05) is 15.6 Å². The molecule has 5 heteroatoms. The molecule has 0 bridgehead atoms. The Labute approximate surface area is 168 Å². The van der Waals surface area contributed by atoms with Gasteiger partial charge in [-0.25, -0.2) is 4.98 Å². The van der Waals surface area contributed by atoms with Gasteiger partial charge in [-0.05, 0) is 61.5 Å². The third-order valence-corrected chi connectivity index (χ3v) is 6.15. The molecule has 4 aromatic rings. The van der Waals surface area contributed by atoms with E-state index in [1.54, 1.807) is 0 Å². The summed E-state index contributed by atoms with van der Waals surface area (Å²) in [5.41, 5.74) is 12.7. The van der Waals surface area contributed by atoms with E-state index in [0.717, 1.165) is 43.2 Å². The summed E-state index contributed by atoms with van der Waals surface area (Å²) in [5.74, 6) is 0.590. The van der Waals surface area contributed by atoms with Crippen LogP contribution in [0.4, 0.5) is 5.69 Å². The summed E-state index contributed by atoms with van der Waals surface area (Å²) >= 11 is 7.12. The molecule has 0 radical (unpaired) electrons. The van der Waals surface area contributed by atoms with Gasteiger partial charge in [0.2, 0.25) is 5.89 Å². The van der Waals surface area contributed by atoms with Gasteiger partial charge in [-0.15, -0.1) is 0 Å². The van der Waals surface area contributed by atoms with Crippen LogP contribution in [-0.2, 0) is 6.42 Å². The van der Waals surface area contributed by atoms with E-state index in [0.29, 0.717) is 11.6 Å². The van der Waals surface area contributed by atoms with Crippen molar-refractivity contribution in [3.05, 3.63) is 69.1 Å². The first-order valence-corrected chi connectivity index (χ1v) is 9.90. The van der Waals surface area contributed by atoms with Gasteiger partial charge in [-0.2, -0.15) is 0 Å². The lowest BCUT2D eigenvalue weighted by atomic mass is 10.0. The molecule has 0 spiro atoms. The van der Waals surface area contributed by atoms with Crippen LogP contribution < -0.4 is 5.73 Å². The molecule has 26 heavy (non-hydrogen) atoms. The average molecular weight is 472 g/mol. The zero-order valence-corrected chi connectivity index (χ0v) is 17.3. The lowest BCUT2D eigenvalue weighted by Gasteiger charge is -2.07. The van der Waals surface area contributed by atoms with Gasteiger partial charge in [0.15, 0.2) is 5.58 Å². The van der Waals surface area contributed by atoms with E-state index in [-0.39, 0.29) is 0 Å². The van der Waals surface area contributed by atoms with Gasteiger partial charge < -0.3 is 10.2 Å². The highest BCUT2D eigenvalue weighted by Crippen LogP contribution is 2.41. The molecule has 3 aromatic carbocycles. The number of aryl methyl sites for hydroxylation is 1. The highest BCUT2D eigenvalue weighted by molar-refractivity contribution is 9.11. The third-order valence-electron chi connectivity index (χ3n) is 4.44. The van der Waals surface area contributed by atoms with Crippen molar-refractivity contribution in [2.45, 2.75) is 13.3 Å². The van der Waals surface area contributed by atoms with Gasteiger partial charge in [-0.1, -0.05) is 49.4 Å². The van der Waals surface area contributed by atoms with Crippen molar-refractivity contribution in [1.29, 1.82) is 0 Å². The molecule has 0 atom stereocenters. The number of aromatic nitrogens is 1. The monoisotopic (exact) mass is 470 g/mol. The van der Waals surface area contributed by atoms with Crippen LogP contribution in [0.1, 0.15) is 12.5 Å². The van der Waals surface area contributed by atoms with Crippen molar-refractivity contribution >= 4 is 48.6 Å². The Morgan fingerprint density at radius 2 is 1.50 bits per heavy atom. The Morgan fingerprint density at radius 1 is 0.885 bits per heavy atom. The summed E-state index contributed by atoms with van der Waals surface area (Å²) in [7, 11) is 0. The summed E-state index contributed by atoms with van der Waals surface area (Å²) in [4.78, 5) is 4.68. The smallest absolute Gasteiger partial charge is 0.227 e. The van der Waals surface area contributed by atoms with E-state index >= 15 is 0 Å². The number of fused-ring (bicyclic) bond motifs is 1. The van der Waals surface area contributed by atoms with Gasteiger partial charge in [0.05, 0.1) is 10.2 Å². The van der Waals surface area contributed by atoms with E-state index in [2.05, 4.69) is 68.0 Å². The van der Waals surface area contributed by atoms with Crippen LogP contribution in [0.15, 0.2) is 68.0 Å². The van der Waals surface area contributed by atoms with Crippen molar-refractivity contribution in [3.63, 3.8) is 0 Å². The molecule has 0 aliphatic rings. The molecule has 3 nitrogen and oxygen atoms in total. The van der Waals surface area contributed by atoms with Gasteiger partial charge in [0.1, 0.15) is 5.52 Å². The molecule has 1 aromatic heterocycles. The second kappa shape index (κ2) is 6.89. The molecular formula is C21H16Br2N2O. The second-order valence-electron chi connectivity index (χ2n) is 6.01. The maximum atomic E-state index is 6.18. The summed E-state index contributed by atoms with van der Waals surface area (Å²) in [6.45, 7) is 2.07. The second-order valence-corrected chi connectivity index (χ2v) is 7.60. The molecule has 4 rings (SSSR count). The average Bonchev–Trinajstić information content (AvgIpc) is 3.13. The minimum atomic E-state index is 0.590. The first-order valence-electron chi connectivity index (χ1n) is 8.31. The molecule has 0 fully saturated rings. The molecule has 0 aliphatic heterocycles. The van der Waals surface area contributed by atoms with Crippen molar-refractivity contribution in [2.24, 2.45) is 0 Å². The number of nitrogens with two attached hydrogens (primary N) is 1. The van der Waals surface area contributed by atoms with Crippen LogP contribution in [0.3, 0.4) is 0 Å². The molecule has 0 unspecified atom stereocenters. The number of hydrogen-bond donors (Lipinski definition) is 1. The highest BCUT2D eigenvalue weighted by atomic mass is 79.9. The van der Waals surface area contributed by atoms with E-state index in [4.69, 9.17) is 10.2 Å². The molecule has 0 saturated carbocycles. The van der Waals surface area contributed by atoms with Crippen molar-refractivity contribution in [2.75, 3.05) is 5.73 Å². The van der Waals surface area contributed by atoms with Crippen molar-refractivity contribution in [1.82, 2.24) is 4.98 Å². The highest BCUT2D eigenvalue weighted by Gasteiger charge is 2.20. The molecular weight excluding hydrogens is 456 g/mol. The van der Waals surface area contributed by atoms with Gasteiger partial charge in [0.25, 0.3) is 0 Å². The predicted molar refractivity (Wildman–Crippen MR) is 114 cm³/mol. The van der Waals surface area contributed by atoms with Crippen LogP contribution in [0.25, 0.3) is 33.7 Å². The zero-order chi connectivity index (χ0) is 18.3. The number of rotatable bonds is 3. The zero-order valence-electron chi connectivity index (χ0n) is 14.1.